The third-order valence-corrected chi connectivity index (χ3v) is 4.72. The molecule has 1 atom stereocenters. The largest absolute Gasteiger partial charge is 0.496 e. The second-order valence-electron chi connectivity index (χ2n) is 6.56. The van der Waals surface area contributed by atoms with E-state index in [2.05, 4.69) is 5.32 Å². The quantitative estimate of drug-likeness (QED) is 0.797. The summed E-state index contributed by atoms with van der Waals surface area (Å²) >= 11 is 0. The van der Waals surface area contributed by atoms with Crippen LogP contribution in [-0.2, 0) is 11.2 Å². The van der Waals surface area contributed by atoms with Crippen LogP contribution in [0.15, 0.2) is 42.5 Å². The summed E-state index contributed by atoms with van der Waals surface area (Å²) in [6, 6.07) is 11.6. The van der Waals surface area contributed by atoms with Crippen molar-refractivity contribution in [2.24, 2.45) is 0 Å². The SMILES string of the molecule is COc1ccc(C)cc1CCNC(=O)C(C)N1C(=O)c2ccccc2C1=O. The molecule has 0 spiro atoms. The molecule has 0 aromatic heterocycles. The number of aryl methyl sites for hydroxylation is 1. The zero-order valence-electron chi connectivity index (χ0n) is 15.6. The molecule has 6 heteroatoms. The van der Waals surface area contributed by atoms with Gasteiger partial charge in [-0.1, -0.05) is 29.8 Å². The maximum absolute atomic E-state index is 12.5. The van der Waals surface area contributed by atoms with Crippen LogP contribution in [0.3, 0.4) is 0 Å². The smallest absolute Gasteiger partial charge is 0.262 e. The van der Waals surface area contributed by atoms with Crippen molar-refractivity contribution in [3.8, 4) is 5.75 Å². The van der Waals surface area contributed by atoms with Gasteiger partial charge in [-0.15, -0.1) is 0 Å². The summed E-state index contributed by atoms with van der Waals surface area (Å²) < 4.78 is 5.34. The molecule has 0 saturated carbocycles. The van der Waals surface area contributed by atoms with Gasteiger partial charge < -0.3 is 10.1 Å². The highest BCUT2D eigenvalue weighted by Crippen LogP contribution is 2.24. The zero-order chi connectivity index (χ0) is 19.6. The Morgan fingerprint density at radius 1 is 1.11 bits per heavy atom. The number of carbonyl (C=O) groups excluding carboxylic acids is 3. The number of carbonyl (C=O) groups is 3. The Morgan fingerprint density at radius 3 is 2.33 bits per heavy atom. The van der Waals surface area contributed by atoms with E-state index < -0.39 is 17.9 Å². The molecule has 0 aliphatic carbocycles. The van der Waals surface area contributed by atoms with Gasteiger partial charge in [-0.3, -0.25) is 19.3 Å². The van der Waals surface area contributed by atoms with Crippen LogP contribution in [0.2, 0.25) is 0 Å². The topological polar surface area (TPSA) is 75.7 Å². The molecule has 0 radical (unpaired) electrons. The van der Waals surface area contributed by atoms with Crippen molar-refractivity contribution in [3.05, 3.63) is 64.7 Å². The molecule has 27 heavy (non-hydrogen) atoms. The molecule has 6 nitrogen and oxygen atoms in total. The third kappa shape index (κ3) is 3.56. The Balaban J connectivity index is 1.63. The lowest BCUT2D eigenvalue weighted by Crippen LogP contribution is -2.48. The van der Waals surface area contributed by atoms with Crippen LogP contribution in [0.4, 0.5) is 0 Å². The highest BCUT2D eigenvalue weighted by atomic mass is 16.5. The number of nitrogens with zero attached hydrogens (tertiary/aromatic N) is 1. The van der Waals surface area contributed by atoms with E-state index in [0.717, 1.165) is 21.8 Å². The average molecular weight is 366 g/mol. The fourth-order valence-corrected chi connectivity index (χ4v) is 3.25. The summed E-state index contributed by atoms with van der Waals surface area (Å²) in [4.78, 5) is 38.5. The maximum atomic E-state index is 12.5. The van der Waals surface area contributed by atoms with Crippen molar-refractivity contribution in [2.45, 2.75) is 26.3 Å². The molecule has 0 saturated heterocycles. The Kier molecular flexibility index (Phi) is 5.26. The predicted molar refractivity (Wildman–Crippen MR) is 101 cm³/mol. The van der Waals surface area contributed by atoms with Crippen LogP contribution in [-0.4, -0.2) is 42.3 Å². The molecule has 3 amide bonds. The Bertz CT molecular complexity index is 872. The maximum Gasteiger partial charge on any atom is 0.262 e. The molecule has 0 fully saturated rings. The lowest BCUT2D eigenvalue weighted by molar-refractivity contribution is -0.124. The third-order valence-electron chi connectivity index (χ3n) is 4.72. The van der Waals surface area contributed by atoms with E-state index in [0.29, 0.717) is 24.1 Å². The minimum Gasteiger partial charge on any atom is -0.496 e. The number of hydrogen-bond donors (Lipinski definition) is 1. The second-order valence-corrected chi connectivity index (χ2v) is 6.56. The first-order chi connectivity index (χ1) is 12.9. The van der Waals surface area contributed by atoms with Crippen LogP contribution < -0.4 is 10.1 Å². The molecular weight excluding hydrogens is 344 g/mol. The molecule has 140 valence electrons. The van der Waals surface area contributed by atoms with E-state index in [1.807, 2.05) is 25.1 Å². The van der Waals surface area contributed by atoms with E-state index in [1.54, 1.807) is 38.3 Å². The molecule has 1 aliphatic heterocycles. The molecule has 1 N–H and O–H groups in total. The van der Waals surface area contributed by atoms with Crippen molar-refractivity contribution in [1.82, 2.24) is 10.2 Å². The standard InChI is InChI=1S/C21H22N2O4/c1-13-8-9-18(27-3)15(12-13)10-11-22-19(24)14(2)23-20(25)16-6-4-5-7-17(16)21(23)26/h4-9,12,14H,10-11H2,1-3H3,(H,22,24). The fourth-order valence-electron chi connectivity index (χ4n) is 3.25. The van der Waals surface area contributed by atoms with Crippen LogP contribution in [0.5, 0.6) is 5.75 Å². The van der Waals surface area contributed by atoms with Crippen LogP contribution in [0.1, 0.15) is 38.8 Å². The molecule has 1 heterocycles. The van der Waals surface area contributed by atoms with Gasteiger partial charge in [0.05, 0.1) is 18.2 Å². The monoisotopic (exact) mass is 366 g/mol. The minimum absolute atomic E-state index is 0.339. The molecule has 2 aromatic carbocycles. The highest BCUT2D eigenvalue weighted by Gasteiger charge is 2.40. The first-order valence-corrected chi connectivity index (χ1v) is 8.82. The van der Waals surface area contributed by atoms with Crippen LogP contribution in [0.25, 0.3) is 0 Å². The number of rotatable bonds is 6. The number of fused-ring (bicyclic) bond motifs is 1. The molecule has 2 aromatic rings. The molecule has 1 unspecified atom stereocenters. The van der Waals surface area contributed by atoms with Gasteiger partial charge in [0.1, 0.15) is 11.8 Å². The summed E-state index contributed by atoms with van der Waals surface area (Å²) in [6.45, 7) is 3.93. The summed E-state index contributed by atoms with van der Waals surface area (Å²) in [6.07, 6.45) is 0.589. The fraction of sp³-hybridized carbons (Fsp3) is 0.286. The zero-order valence-corrected chi connectivity index (χ0v) is 15.6. The van der Waals surface area contributed by atoms with Crippen molar-refractivity contribution < 1.29 is 19.1 Å². The number of benzene rings is 2. The second kappa shape index (κ2) is 7.61. The predicted octanol–water partition coefficient (Wildman–Crippen LogP) is 2.35. The minimum atomic E-state index is -0.878. The van der Waals surface area contributed by atoms with Gasteiger partial charge in [0, 0.05) is 6.54 Å². The normalized spacial score (nSPS) is 14.1. The van der Waals surface area contributed by atoms with Crippen molar-refractivity contribution in [3.63, 3.8) is 0 Å². The summed E-state index contributed by atoms with van der Waals surface area (Å²) in [5.41, 5.74) is 2.78. The van der Waals surface area contributed by atoms with E-state index in [-0.39, 0.29) is 5.91 Å². The van der Waals surface area contributed by atoms with Gasteiger partial charge in [0.25, 0.3) is 11.8 Å². The van der Waals surface area contributed by atoms with Crippen molar-refractivity contribution in [2.75, 3.05) is 13.7 Å². The van der Waals surface area contributed by atoms with E-state index in [4.69, 9.17) is 4.74 Å². The van der Waals surface area contributed by atoms with Crippen molar-refractivity contribution in [1.29, 1.82) is 0 Å². The van der Waals surface area contributed by atoms with Gasteiger partial charge in [-0.2, -0.15) is 0 Å². The summed E-state index contributed by atoms with van der Waals surface area (Å²) in [5.74, 6) is -0.462. The summed E-state index contributed by atoms with van der Waals surface area (Å²) in [7, 11) is 1.61. The number of hydrogen-bond acceptors (Lipinski definition) is 4. The molecule has 1 aliphatic rings. The number of ether oxygens (including phenoxy) is 1. The Hall–Kier alpha value is -3.15. The number of nitrogens with one attached hydrogen (secondary N) is 1. The van der Waals surface area contributed by atoms with Crippen LogP contribution in [0, 0.1) is 6.92 Å². The average Bonchev–Trinajstić information content (AvgIpc) is 2.92. The number of methoxy groups -OCH3 is 1. The van der Waals surface area contributed by atoms with Gasteiger partial charge in [-0.25, -0.2) is 0 Å². The highest BCUT2D eigenvalue weighted by molar-refractivity contribution is 6.22. The molecule has 3 rings (SSSR count). The van der Waals surface area contributed by atoms with Gasteiger partial charge in [0.2, 0.25) is 5.91 Å². The lowest BCUT2D eigenvalue weighted by Gasteiger charge is -2.21. The lowest BCUT2D eigenvalue weighted by atomic mass is 10.1. The Labute approximate surface area is 158 Å². The van der Waals surface area contributed by atoms with Crippen molar-refractivity contribution >= 4 is 17.7 Å². The van der Waals surface area contributed by atoms with Gasteiger partial charge in [-0.05, 0) is 44.0 Å². The van der Waals surface area contributed by atoms with Crippen LogP contribution >= 0.6 is 0 Å². The Morgan fingerprint density at radius 2 is 1.74 bits per heavy atom. The van der Waals surface area contributed by atoms with E-state index in [9.17, 15) is 14.4 Å². The number of amides is 3. The van der Waals surface area contributed by atoms with E-state index >= 15 is 0 Å². The molecular formula is C21H22N2O4. The van der Waals surface area contributed by atoms with E-state index in [1.165, 1.54) is 0 Å². The first-order valence-electron chi connectivity index (χ1n) is 8.82. The first kappa shape index (κ1) is 18.6. The summed E-state index contributed by atoms with van der Waals surface area (Å²) in [5, 5.41) is 2.81. The van der Waals surface area contributed by atoms with Gasteiger partial charge in [0.15, 0.2) is 0 Å². The van der Waals surface area contributed by atoms with Gasteiger partial charge >= 0.3 is 0 Å². The number of imide groups is 1. The molecule has 0 bridgehead atoms.